The molecule has 2 N–H and O–H groups in total. The van der Waals surface area contributed by atoms with E-state index in [0.717, 1.165) is 19.3 Å². The van der Waals surface area contributed by atoms with Crippen molar-refractivity contribution in [3.8, 4) is 0 Å². The molecule has 2 aromatic carbocycles. The number of fused-ring (bicyclic) bond motifs is 2. The molecular formula is C21H25N3O3S. The standard InChI is InChI=1S/C21H25N3O3S/c25-21(22-12-11-16-7-3-1-4-8-16)24-15-17-13-19(20(24)14-17)23-28(26,27)18-9-5-2-6-10-18/h1-10,17,19-20,23H,11-15H2,(H,22,25). The molecule has 0 aromatic heterocycles. The van der Waals surface area contributed by atoms with Crippen molar-refractivity contribution in [3.05, 3.63) is 66.2 Å². The van der Waals surface area contributed by atoms with Gasteiger partial charge in [0.1, 0.15) is 0 Å². The van der Waals surface area contributed by atoms with Gasteiger partial charge < -0.3 is 10.2 Å². The number of amides is 2. The van der Waals surface area contributed by atoms with Crippen molar-refractivity contribution in [2.45, 2.75) is 36.2 Å². The van der Waals surface area contributed by atoms with E-state index in [1.165, 1.54) is 5.56 Å². The maximum absolute atomic E-state index is 12.6. The number of piperidine rings is 1. The van der Waals surface area contributed by atoms with Crippen molar-refractivity contribution in [2.24, 2.45) is 5.92 Å². The van der Waals surface area contributed by atoms with Crippen molar-refractivity contribution < 1.29 is 13.2 Å². The van der Waals surface area contributed by atoms with Crippen LogP contribution in [0, 0.1) is 5.92 Å². The summed E-state index contributed by atoms with van der Waals surface area (Å²) in [5.74, 6) is 0.355. The van der Waals surface area contributed by atoms with Gasteiger partial charge in [-0.3, -0.25) is 0 Å². The number of likely N-dealkylation sites (tertiary alicyclic amines) is 1. The normalized spacial score (nSPS) is 23.7. The number of hydrogen-bond acceptors (Lipinski definition) is 3. The summed E-state index contributed by atoms with van der Waals surface area (Å²) in [5.41, 5.74) is 1.18. The number of rotatable bonds is 6. The van der Waals surface area contributed by atoms with Gasteiger partial charge in [0, 0.05) is 19.1 Å². The van der Waals surface area contributed by atoms with Crippen LogP contribution >= 0.6 is 0 Å². The zero-order valence-corrected chi connectivity index (χ0v) is 16.4. The van der Waals surface area contributed by atoms with Crippen molar-refractivity contribution >= 4 is 16.1 Å². The number of urea groups is 1. The molecule has 2 fully saturated rings. The van der Waals surface area contributed by atoms with Crippen molar-refractivity contribution in [3.63, 3.8) is 0 Å². The highest BCUT2D eigenvalue weighted by Crippen LogP contribution is 2.38. The highest BCUT2D eigenvalue weighted by molar-refractivity contribution is 7.89. The molecule has 148 valence electrons. The van der Waals surface area contributed by atoms with Gasteiger partial charge in [0.2, 0.25) is 10.0 Å². The van der Waals surface area contributed by atoms with Crippen LogP contribution in [-0.4, -0.2) is 44.5 Å². The van der Waals surface area contributed by atoms with E-state index in [1.807, 2.05) is 30.3 Å². The predicted octanol–water partition coefficient (Wildman–Crippen LogP) is 2.38. The number of hydrogen-bond donors (Lipinski definition) is 2. The smallest absolute Gasteiger partial charge is 0.317 e. The molecule has 28 heavy (non-hydrogen) atoms. The lowest BCUT2D eigenvalue weighted by atomic mass is 10.1. The van der Waals surface area contributed by atoms with Crippen LogP contribution in [-0.2, 0) is 16.4 Å². The van der Waals surface area contributed by atoms with E-state index in [0.29, 0.717) is 19.0 Å². The first-order valence-electron chi connectivity index (χ1n) is 9.69. The van der Waals surface area contributed by atoms with E-state index in [-0.39, 0.29) is 23.0 Å². The minimum atomic E-state index is -3.58. The van der Waals surface area contributed by atoms with Gasteiger partial charge in [-0.15, -0.1) is 0 Å². The van der Waals surface area contributed by atoms with E-state index in [4.69, 9.17) is 0 Å². The summed E-state index contributed by atoms with van der Waals surface area (Å²) in [5, 5.41) is 2.98. The third-order valence-corrected chi connectivity index (χ3v) is 7.14. The average Bonchev–Trinajstić information content (AvgIpc) is 3.29. The van der Waals surface area contributed by atoms with Crippen LogP contribution in [0.15, 0.2) is 65.6 Å². The second-order valence-corrected chi connectivity index (χ2v) is 9.28. The SMILES string of the molecule is O=C(NCCc1ccccc1)N1CC2CC(NS(=O)(=O)c3ccccc3)C1C2. The Bertz CT molecular complexity index is 918. The minimum absolute atomic E-state index is 0.0831. The van der Waals surface area contributed by atoms with Gasteiger partial charge in [0.15, 0.2) is 0 Å². The lowest BCUT2D eigenvalue weighted by Gasteiger charge is -2.33. The summed E-state index contributed by atoms with van der Waals surface area (Å²) >= 11 is 0. The summed E-state index contributed by atoms with van der Waals surface area (Å²) in [6, 6.07) is 18.0. The van der Waals surface area contributed by atoms with E-state index < -0.39 is 10.0 Å². The van der Waals surface area contributed by atoms with Crippen LogP contribution in [0.25, 0.3) is 0 Å². The molecule has 2 aromatic rings. The van der Waals surface area contributed by atoms with Crippen LogP contribution in [0.2, 0.25) is 0 Å². The van der Waals surface area contributed by atoms with E-state index in [9.17, 15) is 13.2 Å². The number of benzene rings is 2. The van der Waals surface area contributed by atoms with Gasteiger partial charge in [0.25, 0.3) is 0 Å². The molecular weight excluding hydrogens is 374 g/mol. The fourth-order valence-corrected chi connectivity index (χ4v) is 5.62. The quantitative estimate of drug-likeness (QED) is 0.783. The average molecular weight is 400 g/mol. The van der Waals surface area contributed by atoms with Gasteiger partial charge >= 0.3 is 6.03 Å². The molecule has 2 amide bonds. The maximum Gasteiger partial charge on any atom is 0.317 e. The van der Waals surface area contributed by atoms with Gasteiger partial charge in [-0.2, -0.15) is 0 Å². The van der Waals surface area contributed by atoms with Gasteiger partial charge in [0.05, 0.1) is 10.9 Å². The van der Waals surface area contributed by atoms with Crippen molar-refractivity contribution in [1.82, 2.24) is 14.9 Å². The number of carbonyl (C=O) groups excluding carboxylic acids is 1. The number of nitrogens with one attached hydrogen (secondary N) is 2. The Morgan fingerprint density at radius 1 is 1.00 bits per heavy atom. The van der Waals surface area contributed by atoms with E-state index in [1.54, 1.807) is 35.2 Å². The second kappa shape index (κ2) is 7.93. The molecule has 6 nitrogen and oxygen atoms in total. The third-order valence-electron chi connectivity index (χ3n) is 5.64. The zero-order chi connectivity index (χ0) is 19.6. The minimum Gasteiger partial charge on any atom is -0.338 e. The van der Waals surface area contributed by atoms with Crippen LogP contribution < -0.4 is 10.0 Å². The monoisotopic (exact) mass is 399 g/mol. The second-order valence-electron chi connectivity index (χ2n) is 7.57. The Morgan fingerprint density at radius 3 is 2.36 bits per heavy atom. The third kappa shape index (κ3) is 4.05. The van der Waals surface area contributed by atoms with Crippen LogP contribution in [0.3, 0.4) is 0 Å². The molecule has 3 unspecified atom stereocenters. The van der Waals surface area contributed by atoms with Crippen LogP contribution in [0.5, 0.6) is 0 Å². The first-order valence-corrected chi connectivity index (χ1v) is 11.2. The predicted molar refractivity (Wildman–Crippen MR) is 107 cm³/mol. The fourth-order valence-electron chi connectivity index (χ4n) is 4.31. The molecule has 1 heterocycles. The van der Waals surface area contributed by atoms with E-state index >= 15 is 0 Å². The first-order chi connectivity index (χ1) is 13.5. The lowest BCUT2D eigenvalue weighted by molar-refractivity contribution is 0.170. The van der Waals surface area contributed by atoms with Crippen LogP contribution in [0.4, 0.5) is 4.79 Å². The van der Waals surface area contributed by atoms with E-state index in [2.05, 4.69) is 10.0 Å². The molecule has 0 radical (unpaired) electrons. The topological polar surface area (TPSA) is 78.5 Å². The number of carbonyl (C=O) groups is 1. The zero-order valence-electron chi connectivity index (χ0n) is 15.6. The van der Waals surface area contributed by atoms with Gasteiger partial charge in [-0.25, -0.2) is 17.9 Å². The molecule has 3 atom stereocenters. The Kier molecular flexibility index (Phi) is 5.37. The lowest BCUT2D eigenvalue weighted by Crippen LogP contribution is -2.54. The Morgan fingerprint density at radius 2 is 1.68 bits per heavy atom. The van der Waals surface area contributed by atoms with Crippen molar-refractivity contribution in [1.29, 1.82) is 0 Å². The molecule has 7 heteroatoms. The first kappa shape index (κ1) is 19.0. The number of sulfonamides is 1. The molecule has 1 saturated heterocycles. The van der Waals surface area contributed by atoms with Crippen molar-refractivity contribution in [2.75, 3.05) is 13.1 Å². The molecule has 1 saturated carbocycles. The van der Waals surface area contributed by atoms with Gasteiger partial charge in [-0.1, -0.05) is 48.5 Å². The molecule has 4 rings (SSSR count). The summed E-state index contributed by atoms with van der Waals surface area (Å²) < 4.78 is 28.1. The van der Waals surface area contributed by atoms with Gasteiger partial charge in [-0.05, 0) is 42.9 Å². The molecule has 1 aliphatic carbocycles. The summed E-state index contributed by atoms with van der Waals surface area (Å²) in [4.78, 5) is 14.7. The highest BCUT2D eigenvalue weighted by atomic mass is 32.2. The maximum atomic E-state index is 12.6. The molecule has 1 aliphatic heterocycles. The highest BCUT2D eigenvalue weighted by Gasteiger charge is 2.48. The molecule has 2 aliphatic rings. The summed E-state index contributed by atoms with van der Waals surface area (Å²) in [6.45, 7) is 1.27. The number of nitrogens with zero attached hydrogens (tertiary/aromatic N) is 1. The summed E-state index contributed by atoms with van der Waals surface area (Å²) in [6.07, 6.45) is 2.41. The Hall–Kier alpha value is -2.38. The fraction of sp³-hybridized carbons (Fsp3) is 0.381. The molecule has 2 bridgehead atoms. The molecule has 0 spiro atoms. The Balaban J connectivity index is 1.35. The Labute approximate surface area is 166 Å². The summed E-state index contributed by atoms with van der Waals surface area (Å²) in [7, 11) is -3.58. The largest absolute Gasteiger partial charge is 0.338 e. The van der Waals surface area contributed by atoms with Crippen LogP contribution in [0.1, 0.15) is 18.4 Å².